The smallest absolute Gasteiger partial charge is 0.191 e. The number of hydrogen-bond acceptors (Lipinski definition) is 3. The van der Waals surface area contributed by atoms with Gasteiger partial charge in [-0.1, -0.05) is 42.5 Å². The summed E-state index contributed by atoms with van der Waals surface area (Å²) in [5, 5.41) is 11.5. The van der Waals surface area contributed by atoms with E-state index in [1.165, 1.54) is 16.8 Å². The van der Waals surface area contributed by atoms with E-state index >= 15 is 0 Å². The lowest BCUT2D eigenvalue weighted by Crippen LogP contribution is -2.37. The molecule has 3 rings (SSSR count). The van der Waals surface area contributed by atoms with Crippen molar-refractivity contribution in [1.82, 2.24) is 20.4 Å². The first kappa shape index (κ1) is 24.7. The second-order valence-corrected chi connectivity index (χ2v) is 7.19. The molecule has 0 atom stereocenters. The monoisotopic (exact) mass is 533 g/mol. The SMILES string of the molecule is CCNC(=NCc1cccc(OC)c1)NCc1c(C)nn(Cc2ccccc2)c1C.I. The first-order chi connectivity index (χ1) is 14.6. The number of nitrogens with one attached hydrogen (secondary N) is 2. The maximum Gasteiger partial charge on any atom is 0.191 e. The number of benzene rings is 2. The molecular formula is C24H32IN5O. The molecule has 3 aromatic rings. The van der Waals surface area contributed by atoms with Crippen molar-refractivity contribution in [3.63, 3.8) is 0 Å². The van der Waals surface area contributed by atoms with Crippen molar-refractivity contribution >= 4 is 29.9 Å². The van der Waals surface area contributed by atoms with E-state index in [0.29, 0.717) is 13.1 Å². The number of hydrogen-bond donors (Lipinski definition) is 2. The third-order valence-corrected chi connectivity index (χ3v) is 5.04. The van der Waals surface area contributed by atoms with Gasteiger partial charge in [-0.3, -0.25) is 4.68 Å². The third-order valence-electron chi connectivity index (χ3n) is 5.04. The number of guanidine groups is 1. The van der Waals surface area contributed by atoms with Gasteiger partial charge in [0.1, 0.15) is 5.75 Å². The number of aliphatic imine (C=N–C) groups is 1. The number of aromatic nitrogens is 2. The van der Waals surface area contributed by atoms with E-state index in [9.17, 15) is 0 Å². The van der Waals surface area contributed by atoms with Gasteiger partial charge in [0.2, 0.25) is 0 Å². The van der Waals surface area contributed by atoms with Crippen LogP contribution in [0.5, 0.6) is 5.75 Å². The summed E-state index contributed by atoms with van der Waals surface area (Å²) < 4.78 is 7.37. The molecule has 0 aliphatic rings. The number of methoxy groups -OCH3 is 1. The molecule has 0 bridgehead atoms. The van der Waals surface area contributed by atoms with E-state index in [1.54, 1.807) is 7.11 Å². The predicted molar refractivity (Wildman–Crippen MR) is 137 cm³/mol. The fourth-order valence-corrected chi connectivity index (χ4v) is 3.36. The number of nitrogens with zero attached hydrogens (tertiary/aromatic N) is 3. The number of rotatable bonds is 8. The molecule has 166 valence electrons. The van der Waals surface area contributed by atoms with Crippen LogP contribution in [0.3, 0.4) is 0 Å². The van der Waals surface area contributed by atoms with Crippen LogP contribution in [-0.2, 0) is 19.6 Å². The molecule has 0 radical (unpaired) electrons. The summed E-state index contributed by atoms with van der Waals surface area (Å²) in [6.07, 6.45) is 0. The highest BCUT2D eigenvalue weighted by molar-refractivity contribution is 14.0. The quantitative estimate of drug-likeness (QED) is 0.256. The van der Waals surface area contributed by atoms with Crippen molar-refractivity contribution in [3.8, 4) is 5.75 Å². The molecule has 2 aromatic carbocycles. The van der Waals surface area contributed by atoms with E-state index < -0.39 is 0 Å². The van der Waals surface area contributed by atoms with Gasteiger partial charge in [-0.25, -0.2) is 4.99 Å². The van der Waals surface area contributed by atoms with Crippen LogP contribution in [0, 0.1) is 13.8 Å². The zero-order valence-corrected chi connectivity index (χ0v) is 21.0. The summed E-state index contributed by atoms with van der Waals surface area (Å²) >= 11 is 0. The number of aryl methyl sites for hydroxylation is 1. The second-order valence-electron chi connectivity index (χ2n) is 7.19. The molecule has 0 saturated carbocycles. The zero-order chi connectivity index (χ0) is 21.3. The standard InChI is InChI=1S/C24H31N5O.HI/c1-5-25-24(26-15-21-12-9-13-22(14-21)30-4)27-16-23-18(2)28-29(19(23)3)17-20-10-7-6-8-11-20;/h6-14H,5,15-17H2,1-4H3,(H2,25,26,27);1H. The highest BCUT2D eigenvalue weighted by atomic mass is 127. The summed E-state index contributed by atoms with van der Waals surface area (Å²) in [5.74, 6) is 1.63. The van der Waals surface area contributed by atoms with Crippen LogP contribution in [-0.4, -0.2) is 29.4 Å². The van der Waals surface area contributed by atoms with E-state index in [1.807, 2.05) is 24.3 Å². The van der Waals surface area contributed by atoms with Gasteiger partial charge in [-0.2, -0.15) is 5.10 Å². The fraction of sp³-hybridized carbons (Fsp3) is 0.333. The van der Waals surface area contributed by atoms with Crippen LogP contribution in [0.15, 0.2) is 59.6 Å². The molecule has 0 fully saturated rings. The molecule has 7 heteroatoms. The maximum atomic E-state index is 5.30. The molecule has 1 aromatic heterocycles. The lowest BCUT2D eigenvalue weighted by Gasteiger charge is -2.12. The van der Waals surface area contributed by atoms with Gasteiger partial charge in [0.25, 0.3) is 0 Å². The Bertz CT molecular complexity index is 985. The topological polar surface area (TPSA) is 63.5 Å². The lowest BCUT2D eigenvalue weighted by molar-refractivity contribution is 0.414. The van der Waals surface area contributed by atoms with E-state index in [0.717, 1.165) is 36.1 Å². The maximum absolute atomic E-state index is 5.30. The van der Waals surface area contributed by atoms with E-state index in [2.05, 4.69) is 66.4 Å². The number of halogens is 1. The molecule has 31 heavy (non-hydrogen) atoms. The highest BCUT2D eigenvalue weighted by Crippen LogP contribution is 2.15. The van der Waals surface area contributed by atoms with Crippen molar-refractivity contribution in [2.45, 2.75) is 40.4 Å². The molecule has 2 N–H and O–H groups in total. The Labute approximate surface area is 202 Å². The summed E-state index contributed by atoms with van der Waals surface area (Å²) in [4.78, 5) is 4.72. The largest absolute Gasteiger partial charge is 0.497 e. The van der Waals surface area contributed by atoms with Gasteiger partial charge in [0.05, 0.1) is 25.9 Å². The van der Waals surface area contributed by atoms with Gasteiger partial charge in [-0.05, 0) is 44.0 Å². The third kappa shape index (κ3) is 6.99. The molecule has 0 spiro atoms. The van der Waals surface area contributed by atoms with Crippen LogP contribution in [0.25, 0.3) is 0 Å². The molecule has 6 nitrogen and oxygen atoms in total. The Hall–Kier alpha value is -2.55. The Morgan fingerprint density at radius 1 is 1.03 bits per heavy atom. The van der Waals surface area contributed by atoms with Crippen molar-refractivity contribution in [2.75, 3.05) is 13.7 Å². The van der Waals surface area contributed by atoms with Crippen LogP contribution in [0.2, 0.25) is 0 Å². The van der Waals surface area contributed by atoms with Crippen LogP contribution >= 0.6 is 24.0 Å². The second kappa shape index (κ2) is 12.3. The van der Waals surface area contributed by atoms with Crippen molar-refractivity contribution in [2.24, 2.45) is 4.99 Å². The molecule has 0 saturated heterocycles. The predicted octanol–water partition coefficient (Wildman–Crippen LogP) is 4.43. The summed E-state index contributed by atoms with van der Waals surface area (Å²) in [6.45, 7) is 9.09. The fourth-order valence-electron chi connectivity index (χ4n) is 3.36. The summed E-state index contributed by atoms with van der Waals surface area (Å²) in [5.41, 5.74) is 5.77. The minimum absolute atomic E-state index is 0. The number of ether oxygens (including phenoxy) is 1. The average molecular weight is 533 g/mol. The van der Waals surface area contributed by atoms with E-state index in [-0.39, 0.29) is 24.0 Å². The molecule has 1 heterocycles. The normalized spacial score (nSPS) is 11.0. The van der Waals surface area contributed by atoms with Gasteiger partial charge >= 0.3 is 0 Å². The Morgan fingerprint density at radius 2 is 1.77 bits per heavy atom. The van der Waals surface area contributed by atoms with Gasteiger partial charge < -0.3 is 15.4 Å². The summed E-state index contributed by atoms with van der Waals surface area (Å²) in [7, 11) is 1.68. The van der Waals surface area contributed by atoms with Crippen LogP contribution < -0.4 is 15.4 Å². The van der Waals surface area contributed by atoms with Crippen LogP contribution in [0.1, 0.15) is 35.0 Å². The minimum atomic E-state index is 0. The Morgan fingerprint density at radius 3 is 2.48 bits per heavy atom. The Kier molecular flexibility index (Phi) is 9.84. The Balaban J connectivity index is 0.00000341. The van der Waals surface area contributed by atoms with Gasteiger partial charge in [0.15, 0.2) is 5.96 Å². The lowest BCUT2D eigenvalue weighted by atomic mass is 10.2. The van der Waals surface area contributed by atoms with Gasteiger partial charge in [-0.15, -0.1) is 24.0 Å². The molecular weight excluding hydrogens is 501 g/mol. The summed E-state index contributed by atoms with van der Waals surface area (Å²) in [6, 6.07) is 18.4. The zero-order valence-electron chi connectivity index (χ0n) is 18.7. The molecule has 0 aliphatic heterocycles. The minimum Gasteiger partial charge on any atom is -0.497 e. The van der Waals surface area contributed by atoms with Crippen molar-refractivity contribution in [1.29, 1.82) is 0 Å². The highest BCUT2D eigenvalue weighted by Gasteiger charge is 2.12. The average Bonchev–Trinajstić information content (AvgIpc) is 3.03. The first-order valence-corrected chi connectivity index (χ1v) is 10.3. The molecule has 0 amide bonds. The first-order valence-electron chi connectivity index (χ1n) is 10.3. The van der Waals surface area contributed by atoms with Gasteiger partial charge in [0, 0.05) is 24.3 Å². The molecule has 0 unspecified atom stereocenters. The van der Waals surface area contributed by atoms with E-state index in [4.69, 9.17) is 14.8 Å². The van der Waals surface area contributed by atoms with Crippen molar-refractivity contribution in [3.05, 3.63) is 82.7 Å². The van der Waals surface area contributed by atoms with Crippen molar-refractivity contribution < 1.29 is 4.74 Å². The van der Waals surface area contributed by atoms with Crippen LogP contribution in [0.4, 0.5) is 0 Å². The molecule has 0 aliphatic carbocycles.